The molecule has 0 aromatic heterocycles. The van der Waals surface area contributed by atoms with Crippen LogP contribution in [0.15, 0.2) is 45.3 Å². The molecule has 1 unspecified atom stereocenters. The van der Waals surface area contributed by atoms with Crippen LogP contribution >= 0.6 is 31.9 Å². The summed E-state index contributed by atoms with van der Waals surface area (Å²) in [7, 11) is 0. The average Bonchev–Trinajstić information content (AvgIpc) is 2.45. The Balaban J connectivity index is 2.49. The minimum absolute atomic E-state index is 0.143. The number of halogens is 3. The summed E-state index contributed by atoms with van der Waals surface area (Å²) >= 11 is 6.75. The van der Waals surface area contributed by atoms with Crippen molar-refractivity contribution in [1.29, 1.82) is 0 Å². The van der Waals surface area contributed by atoms with E-state index in [0.717, 1.165) is 28.6 Å². The number of rotatable bonds is 5. The molecule has 0 saturated heterocycles. The van der Waals surface area contributed by atoms with E-state index in [1.807, 2.05) is 24.3 Å². The summed E-state index contributed by atoms with van der Waals surface area (Å²) in [4.78, 5) is 0. The van der Waals surface area contributed by atoms with E-state index in [0.29, 0.717) is 10.0 Å². The zero-order chi connectivity index (χ0) is 15.4. The van der Waals surface area contributed by atoms with Gasteiger partial charge < -0.3 is 5.32 Å². The molecule has 112 valence electrons. The number of benzene rings is 2. The number of nitrogens with one attached hydrogen (secondary N) is 1. The Morgan fingerprint density at radius 1 is 1.14 bits per heavy atom. The summed E-state index contributed by atoms with van der Waals surface area (Å²) < 4.78 is 16.0. The van der Waals surface area contributed by atoms with Crippen LogP contribution in [0.4, 0.5) is 4.39 Å². The van der Waals surface area contributed by atoms with Crippen molar-refractivity contribution < 1.29 is 4.39 Å². The molecular weight excluding hydrogens is 397 g/mol. The molecule has 0 heterocycles. The van der Waals surface area contributed by atoms with Gasteiger partial charge in [0, 0.05) is 10.0 Å². The van der Waals surface area contributed by atoms with E-state index in [4.69, 9.17) is 0 Å². The molecule has 0 bridgehead atoms. The zero-order valence-corrected chi connectivity index (χ0v) is 15.3. The van der Waals surface area contributed by atoms with Crippen LogP contribution < -0.4 is 5.32 Å². The molecule has 21 heavy (non-hydrogen) atoms. The Labute approximate surface area is 142 Å². The molecule has 0 aliphatic heterocycles. The summed E-state index contributed by atoms with van der Waals surface area (Å²) in [6.07, 6.45) is 1.00. The number of hydrogen-bond acceptors (Lipinski definition) is 1. The van der Waals surface area contributed by atoms with Crippen LogP contribution in [0.25, 0.3) is 0 Å². The fourth-order valence-electron chi connectivity index (χ4n) is 2.38. The monoisotopic (exact) mass is 413 g/mol. The first kappa shape index (κ1) is 16.7. The third kappa shape index (κ3) is 3.93. The van der Waals surface area contributed by atoms with Crippen molar-refractivity contribution in [2.45, 2.75) is 26.3 Å². The molecule has 1 nitrogen and oxygen atoms in total. The van der Waals surface area contributed by atoms with E-state index in [9.17, 15) is 4.39 Å². The molecule has 0 radical (unpaired) electrons. The summed E-state index contributed by atoms with van der Waals surface area (Å²) in [5.41, 5.74) is 2.91. The maximum Gasteiger partial charge on any atom is 0.142 e. The molecule has 0 amide bonds. The fraction of sp³-hybridized carbons (Fsp3) is 0.294. The smallest absolute Gasteiger partial charge is 0.142 e. The SMILES string of the molecule is CCCNC(c1ccc(Br)cc1C)c1cccc(Br)c1F. The molecule has 0 aliphatic carbocycles. The zero-order valence-electron chi connectivity index (χ0n) is 12.1. The highest BCUT2D eigenvalue weighted by Gasteiger charge is 2.20. The summed E-state index contributed by atoms with van der Waals surface area (Å²) in [6, 6.07) is 11.4. The minimum Gasteiger partial charge on any atom is -0.306 e. The lowest BCUT2D eigenvalue weighted by atomic mass is 9.94. The summed E-state index contributed by atoms with van der Waals surface area (Å²) in [5, 5.41) is 3.45. The van der Waals surface area contributed by atoms with Crippen molar-refractivity contribution >= 4 is 31.9 Å². The highest BCUT2D eigenvalue weighted by Crippen LogP contribution is 2.31. The van der Waals surface area contributed by atoms with Gasteiger partial charge in [0.05, 0.1) is 10.5 Å². The van der Waals surface area contributed by atoms with Gasteiger partial charge in [-0.3, -0.25) is 0 Å². The largest absolute Gasteiger partial charge is 0.306 e. The van der Waals surface area contributed by atoms with Gasteiger partial charge in [-0.2, -0.15) is 0 Å². The number of hydrogen-bond donors (Lipinski definition) is 1. The minimum atomic E-state index is -0.201. The molecular formula is C17H18Br2FN. The second-order valence-electron chi connectivity index (χ2n) is 5.03. The van der Waals surface area contributed by atoms with Crippen LogP contribution in [0.3, 0.4) is 0 Å². The van der Waals surface area contributed by atoms with Gasteiger partial charge in [-0.25, -0.2) is 4.39 Å². The van der Waals surface area contributed by atoms with Crippen LogP contribution in [-0.2, 0) is 0 Å². The molecule has 1 atom stereocenters. The average molecular weight is 415 g/mol. The third-order valence-corrected chi connectivity index (χ3v) is 4.54. The first-order chi connectivity index (χ1) is 10.0. The lowest BCUT2D eigenvalue weighted by Crippen LogP contribution is -2.25. The van der Waals surface area contributed by atoms with Gasteiger partial charge in [-0.1, -0.05) is 41.1 Å². The fourth-order valence-corrected chi connectivity index (χ4v) is 3.24. The van der Waals surface area contributed by atoms with Crippen LogP contribution in [0.1, 0.15) is 36.1 Å². The van der Waals surface area contributed by atoms with E-state index >= 15 is 0 Å². The molecule has 2 aromatic carbocycles. The van der Waals surface area contributed by atoms with Crippen molar-refractivity contribution in [2.75, 3.05) is 6.54 Å². The standard InChI is InChI=1S/C17H18Br2FN/c1-3-9-21-17(13-8-7-12(18)10-11(13)2)14-5-4-6-15(19)16(14)20/h4-8,10,17,21H,3,9H2,1-2H3. The molecule has 1 N–H and O–H groups in total. The Bertz CT molecular complexity index is 628. The predicted molar refractivity (Wildman–Crippen MR) is 93.1 cm³/mol. The van der Waals surface area contributed by atoms with Gasteiger partial charge in [0.25, 0.3) is 0 Å². The summed E-state index contributed by atoms with van der Waals surface area (Å²) in [5.74, 6) is -0.201. The molecule has 0 fully saturated rings. The molecule has 0 saturated carbocycles. The lowest BCUT2D eigenvalue weighted by molar-refractivity contribution is 0.542. The highest BCUT2D eigenvalue weighted by atomic mass is 79.9. The van der Waals surface area contributed by atoms with Crippen LogP contribution in [0.5, 0.6) is 0 Å². The number of aryl methyl sites for hydroxylation is 1. The summed E-state index contributed by atoms with van der Waals surface area (Å²) in [6.45, 7) is 5.00. The predicted octanol–water partition coefficient (Wildman–Crippen LogP) is 5.75. The van der Waals surface area contributed by atoms with Gasteiger partial charge >= 0.3 is 0 Å². The van der Waals surface area contributed by atoms with Crippen molar-refractivity contribution in [3.05, 3.63) is 67.9 Å². The third-order valence-electron chi connectivity index (χ3n) is 3.43. The normalized spacial score (nSPS) is 12.4. The topological polar surface area (TPSA) is 12.0 Å². The molecule has 0 aliphatic rings. The molecule has 0 spiro atoms. The van der Waals surface area contributed by atoms with Gasteiger partial charge in [-0.15, -0.1) is 0 Å². The van der Waals surface area contributed by atoms with Crippen LogP contribution in [0, 0.1) is 12.7 Å². The van der Waals surface area contributed by atoms with E-state index < -0.39 is 0 Å². The van der Waals surface area contributed by atoms with Crippen molar-refractivity contribution in [3.8, 4) is 0 Å². The second-order valence-corrected chi connectivity index (χ2v) is 6.80. The van der Waals surface area contributed by atoms with E-state index in [1.165, 1.54) is 0 Å². The highest BCUT2D eigenvalue weighted by molar-refractivity contribution is 9.10. The second kappa shape index (κ2) is 7.52. The van der Waals surface area contributed by atoms with Crippen LogP contribution in [0.2, 0.25) is 0 Å². The van der Waals surface area contributed by atoms with Gasteiger partial charge in [0.2, 0.25) is 0 Å². The Morgan fingerprint density at radius 3 is 2.57 bits per heavy atom. The van der Waals surface area contributed by atoms with Crippen molar-refractivity contribution in [1.82, 2.24) is 5.32 Å². The Hall–Kier alpha value is -0.710. The maximum absolute atomic E-state index is 14.5. The first-order valence-electron chi connectivity index (χ1n) is 6.98. The van der Waals surface area contributed by atoms with Gasteiger partial charge in [0.1, 0.15) is 5.82 Å². The van der Waals surface area contributed by atoms with Gasteiger partial charge in [0.15, 0.2) is 0 Å². The Morgan fingerprint density at radius 2 is 1.90 bits per heavy atom. The molecule has 2 aromatic rings. The maximum atomic E-state index is 14.5. The van der Waals surface area contributed by atoms with E-state index in [2.05, 4.69) is 57.1 Å². The van der Waals surface area contributed by atoms with Gasteiger partial charge in [-0.05, 0) is 65.1 Å². The lowest BCUT2D eigenvalue weighted by Gasteiger charge is -2.22. The van der Waals surface area contributed by atoms with Crippen molar-refractivity contribution in [3.63, 3.8) is 0 Å². The molecule has 2 rings (SSSR count). The van der Waals surface area contributed by atoms with E-state index in [1.54, 1.807) is 6.07 Å². The quantitative estimate of drug-likeness (QED) is 0.656. The van der Waals surface area contributed by atoms with Crippen molar-refractivity contribution in [2.24, 2.45) is 0 Å². The van der Waals surface area contributed by atoms with Crippen LogP contribution in [-0.4, -0.2) is 6.54 Å². The molecule has 4 heteroatoms. The van der Waals surface area contributed by atoms with E-state index in [-0.39, 0.29) is 11.9 Å². The first-order valence-corrected chi connectivity index (χ1v) is 8.56. The Kier molecular flexibility index (Phi) is 5.97.